The molecule has 12 atom stereocenters. The van der Waals surface area contributed by atoms with Gasteiger partial charge in [0.25, 0.3) is 0 Å². The van der Waals surface area contributed by atoms with Crippen molar-refractivity contribution in [2.24, 2.45) is 34.5 Å². The van der Waals surface area contributed by atoms with Crippen molar-refractivity contribution in [1.29, 1.82) is 0 Å². The highest BCUT2D eigenvalue weighted by molar-refractivity contribution is 5.95. The number of hydrogen-bond acceptors (Lipinski definition) is 8. The van der Waals surface area contributed by atoms with Crippen LogP contribution >= 0.6 is 0 Å². The summed E-state index contributed by atoms with van der Waals surface area (Å²) in [4.78, 5) is 25.3. The largest absolute Gasteiger partial charge is 0.462 e. The first-order valence-electron chi connectivity index (χ1n) is 13.1. The molecule has 0 unspecified atom stereocenters. The number of cyclic esters (lactones) is 1. The van der Waals surface area contributed by atoms with Gasteiger partial charge in [-0.3, -0.25) is 9.59 Å². The molecule has 1 heterocycles. The van der Waals surface area contributed by atoms with Crippen molar-refractivity contribution >= 4 is 11.8 Å². The molecule has 1 aliphatic heterocycles. The summed E-state index contributed by atoms with van der Waals surface area (Å²) in [6.07, 6.45) is 0.230. The number of fused-ring (bicyclic) bond motifs is 5. The van der Waals surface area contributed by atoms with E-state index in [0.717, 1.165) is 0 Å². The lowest BCUT2D eigenvalue weighted by molar-refractivity contribution is -0.204. The second kappa shape index (κ2) is 7.84. The van der Waals surface area contributed by atoms with E-state index in [9.17, 15) is 35.1 Å². The fraction of sp³-hybridized carbons (Fsp3) is 0.852. The maximum atomic E-state index is 13.3. The number of allylic oxidation sites excluding steroid dienone is 1. The molecule has 3 saturated carbocycles. The highest BCUT2D eigenvalue weighted by Gasteiger charge is 2.72. The molecule has 1 saturated heterocycles. The van der Waals surface area contributed by atoms with Crippen LogP contribution in [0, 0.1) is 34.5 Å². The van der Waals surface area contributed by atoms with Crippen LogP contribution in [0.15, 0.2) is 11.6 Å². The molecule has 8 heteroatoms. The van der Waals surface area contributed by atoms with Crippen LogP contribution in [0.2, 0.25) is 0 Å². The molecule has 5 N–H and O–H groups in total. The summed E-state index contributed by atoms with van der Waals surface area (Å²) in [6, 6.07) is 0. The summed E-state index contributed by atoms with van der Waals surface area (Å²) < 4.78 is 5.33. The van der Waals surface area contributed by atoms with Gasteiger partial charge in [0.2, 0.25) is 0 Å². The molecule has 0 bridgehead atoms. The Hall–Kier alpha value is -1.32. The Labute approximate surface area is 206 Å². The third-order valence-corrected chi connectivity index (χ3v) is 11.3. The van der Waals surface area contributed by atoms with Gasteiger partial charge in [0.1, 0.15) is 6.10 Å². The topological polar surface area (TPSA) is 145 Å². The Morgan fingerprint density at radius 1 is 1.06 bits per heavy atom. The number of ketones is 1. The van der Waals surface area contributed by atoms with E-state index in [1.807, 2.05) is 13.8 Å². The van der Waals surface area contributed by atoms with Gasteiger partial charge < -0.3 is 30.3 Å². The molecular formula is C27H40O8. The van der Waals surface area contributed by atoms with Crippen molar-refractivity contribution in [2.45, 2.75) is 108 Å². The molecule has 4 fully saturated rings. The van der Waals surface area contributed by atoms with E-state index in [0.29, 0.717) is 18.4 Å². The molecule has 0 aromatic carbocycles. The lowest BCUT2D eigenvalue weighted by Crippen LogP contribution is -2.65. The van der Waals surface area contributed by atoms with Gasteiger partial charge in [-0.15, -0.1) is 0 Å². The zero-order valence-corrected chi connectivity index (χ0v) is 21.1. The normalized spacial score (nSPS) is 54.4. The molecule has 196 valence electrons. The minimum absolute atomic E-state index is 0.150. The molecular weight excluding hydrogens is 452 g/mol. The van der Waals surface area contributed by atoms with Crippen molar-refractivity contribution in [3.8, 4) is 0 Å². The van der Waals surface area contributed by atoms with E-state index in [-0.39, 0.29) is 67.7 Å². The third kappa shape index (κ3) is 3.16. The predicted octanol–water partition coefficient (Wildman–Crippen LogP) is 1.25. The highest BCUT2D eigenvalue weighted by Crippen LogP contribution is 2.68. The first kappa shape index (κ1) is 25.3. The highest BCUT2D eigenvalue weighted by atomic mass is 16.6. The van der Waals surface area contributed by atoms with Gasteiger partial charge in [0, 0.05) is 17.3 Å². The van der Waals surface area contributed by atoms with Crippen LogP contribution in [0.5, 0.6) is 0 Å². The summed E-state index contributed by atoms with van der Waals surface area (Å²) >= 11 is 0. The second-order valence-corrected chi connectivity index (χ2v) is 12.7. The van der Waals surface area contributed by atoms with Gasteiger partial charge in [-0.05, 0) is 74.9 Å². The van der Waals surface area contributed by atoms with Crippen LogP contribution < -0.4 is 0 Å². The van der Waals surface area contributed by atoms with Crippen molar-refractivity contribution in [3.63, 3.8) is 0 Å². The van der Waals surface area contributed by atoms with Gasteiger partial charge in [-0.2, -0.15) is 0 Å². The number of hydrogen-bond donors (Lipinski definition) is 5. The minimum atomic E-state index is -1.60. The molecule has 0 radical (unpaired) electrons. The van der Waals surface area contributed by atoms with E-state index < -0.39 is 46.3 Å². The van der Waals surface area contributed by atoms with Crippen LogP contribution in [-0.2, 0) is 14.3 Å². The number of rotatable bonds is 3. The van der Waals surface area contributed by atoms with Crippen LogP contribution in [-0.4, -0.2) is 72.9 Å². The number of ether oxygens (including phenoxy) is 1. The third-order valence-electron chi connectivity index (χ3n) is 11.3. The summed E-state index contributed by atoms with van der Waals surface area (Å²) in [7, 11) is 0. The average molecular weight is 493 g/mol. The minimum Gasteiger partial charge on any atom is -0.462 e. The molecule has 5 aliphatic rings. The Bertz CT molecular complexity index is 963. The average Bonchev–Trinajstić information content (AvgIpc) is 3.15. The van der Waals surface area contributed by atoms with E-state index in [1.54, 1.807) is 13.8 Å². The van der Waals surface area contributed by atoms with E-state index in [2.05, 4.69) is 0 Å². The predicted molar refractivity (Wildman–Crippen MR) is 125 cm³/mol. The zero-order valence-electron chi connectivity index (χ0n) is 21.1. The number of aliphatic hydroxyl groups excluding tert-OH is 3. The van der Waals surface area contributed by atoms with Crippen LogP contribution in [0.3, 0.4) is 0 Å². The van der Waals surface area contributed by atoms with Crippen molar-refractivity contribution in [3.05, 3.63) is 11.6 Å². The Balaban J connectivity index is 1.48. The molecule has 35 heavy (non-hydrogen) atoms. The molecule has 8 nitrogen and oxygen atoms in total. The Morgan fingerprint density at radius 3 is 2.37 bits per heavy atom. The second-order valence-electron chi connectivity index (χ2n) is 12.7. The maximum absolute atomic E-state index is 13.3. The SMILES string of the molecule is C[C@H]1OC(=O)[C@H](C)[C@@H]1C[C@H](O)[C@@]1(O)CC[C@]2(O)C3=CC(=O)[C@@H]4C[C@@H](O)[C@H](O)C[C@@]4(C)[C@H]3CC[C@@]21C. The Morgan fingerprint density at radius 2 is 1.74 bits per heavy atom. The fourth-order valence-corrected chi connectivity index (χ4v) is 8.77. The smallest absolute Gasteiger partial charge is 0.309 e. The molecule has 0 spiro atoms. The lowest BCUT2D eigenvalue weighted by atomic mass is 9.45. The first-order valence-corrected chi connectivity index (χ1v) is 13.1. The van der Waals surface area contributed by atoms with Crippen molar-refractivity contribution in [2.75, 3.05) is 0 Å². The van der Waals surface area contributed by atoms with Crippen molar-refractivity contribution in [1.82, 2.24) is 0 Å². The summed E-state index contributed by atoms with van der Waals surface area (Å²) in [5.41, 5.74) is -4.16. The summed E-state index contributed by atoms with van der Waals surface area (Å²) in [5, 5.41) is 56.3. The van der Waals surface area contributed by atoms with Crippen molar-refractivity contribution < 1.29 is 39.9 Å². The van der Waals surface area contributed by atoms with Crippen LogP contribution in [0.1, 0.15) is 72.6 Å². The molecule has 5 rings (SSSR count). The van der Waals surface area contributed by atoms with Gasteiger partial charge >= 0.3 is 5.97 Å². The standard InChI is InChI=1S/C27H40O8/c1-13-15(14(2)35-23(13)32)9-22(31)27(34)8-7-26(33)17-10-19(28)18-11-20(29)21(30)12-24(18,3)16(17)5-6-25(26,27)4/h10,13-16,18,20-22,29-31,33-34H,5-9,11-12H2,1-4H3/t13-,14-,15+,16+,18+,20-,21-,22+,24+,25+,26+,27+/m1/s1. The monoisotopic (exact) mass is 492 g/mol. The summed E-state index contributed by atoms with van der Waals surface area (Å²) in [5.74, 6) is -1.65. The number of carbonyl (C=O) groups excluding carboxylic acids is 2. The molecule has 0 amide bonds. The Kier molecular flexibility index (Phi) is 5.67. The van der Waals surface area contributed by atoms with Gasteiger partial charge in [-0.25, -0.2) is 0 Å². The van der Waals surface area contributed by atoms with E-state index in [4.69, 9.17) is 4.74 Å². The maximum Gasteiger partial charge on any atom is 0.309 e. The zero-order chi connectivity index (χ0) is 25.7. The van der Waals surface area contributed by atoms with Gasteiger partial charge in [0.15, 0.2) is 5.78 Å². The van der Waals surface area contributed by atoms with Gasteiger partial charge in [0.05, 0.1) is 35.4 Å². The number of aliphatic hydroxyl groups is 5. The number of esters is 1. The van der Waals surface area contributed by atoms with Gasteiger partial charge in [-0.1, -0.05) is 20.8 Å². The quantitative estimate of drug-likeness (QED) is 0.370. The van der Waals surface area contributed by atoms with Crippen LogP contribution in [0.4, 0.5) is 0 Å². The van der Waals surface area contributed by atoms with E-state index >= 15 is 0 Å². The fourth-order valence-electron chi connectivity index (χ4n) is 8.77. The molecule has 0 aromatic rings. The van der Waals surface area contributed by atoms with Crippen LogP contribution in [0.25, 0.3) is 0 Å². The van der Waals surface area contributed by atoms with E-state index in [1.165, 1.54) is 6.08 Å². The first-order chi connectivity index (χ1) is 16.2. The molecule has 4 aliphatic carbocycles. The summed E-state index contributed by atoms with van der Waals surface area (Å²) in [6.45, 7) is 7.36. The lowest BCUT2D eigenvalue weighted by Gasteiger charge is -2.61. The number of carbonyl (C=O) groups is 2. The molecule has 0 aromatic heterocycles.